The summed E-state index contributed by atoms with van der Waals surface area (Å²) in [5.41, 5.74) is -1.15. The monoisotopic (exact) mass is 464 g/mol. The molecule has 4 aromatic rings. The van der Waals surface area contributed by atoms with Gasteiger partial charge in [-0.05, 0) is 29.8 Å². The highest BCUT2D eigenvalue weighted by Crippen LogP contribution is 2.56. The number of rotatable bonds is 2. The molecule has 0 bridgehead atoms. The molecule has 1 spiro atoms. The fourth-order valence-electron chi connectivity index (χ4n) is 5.43. The molecule has 35 heavy (non-hydrogen) atoms. The second-order valence-electron chi connectivity index (χ2n) is 8.71. The van der Waals surface area contributed by atoms with Gasteiger partial charge in [0.2, 0.25) is 0 Å². The minimum absolute atomic E-state index is 0.0453. The third-order valence-electron chi connectivity index (χ3n) is 7.00. The summed E-state index contributed by atoms with van der Waals surface area (Å²) in [7, 11) is 0. The highest BCUT2D eigenvalue weighted by atomic mass is 16.5. The Bertz CT molecular complexity index is 1570. The van der Waals surface area contributed by atoms with Crippen LogP contribution in [0.15, 0.2) is 101 Å². The maximum absolute atomic E-state index is 14.4. The Kier molecular flexibility index (Phi) is 4.71. The zero-order chi connectivity index (χ0) is 24.2. The SMILES string of the molecule is C=C[C@H]1COc2c(c(=O)oc3ccccc23)[C@H](c2ccccc2)[C@]12C(=O)Oc1ccccc1C2=O. The third-order valence-corrected chi connectivity index (χ3v) is 7.00. The van der Waals surface area contributed by atoms with E-state index >= 15 is 0 Å². The first-order chi connectivity index (χ1) is 17.1. The van der Waals surface area contributed by atoms with Gasteiger partial charge in [-0.15, -0.1) is 6.58 Å². The zero-order valence-electron chi connectivity index (χ0n) is 18.6. The van der Waals surface area contributed by atoms with E-state index < -0.39 is 34.6 Å². The molecule has 2 aliphatic heterocycles. The molecule has 6 rings (SSSR count). The quantitative estimate of drug-likeness (QED) is 0.138. The van der Waals surface area contributed by atoms with Gasteiger partial charge in [0, 0.05) is 11.8 Å². The van der Waals surface area contributed by atoms with Gasteiger partial charge in [0.25, 0.3) is 0 Å². The molecule has 3 aromatic carbocycles. The summed E-state index contributed by atoms with van der Waals surface area (Å²) in [5.74, 6) is -2.51. The first kappa shape index (κ1) is 21.1. The summed E-state index contributed by atoms with van der Waals surface area (Å²) >= 11 is 0. The predicted molar refractivity (Wildman–Crippen MR) is 129 cm³/mol. The lowest BCUT2D eigenvalue weighted by atomic mass is 9.58. The van der Waals surface area contributed by atoms with Crippen LogP contribution in [0.1, 0.15) is 27.4 Å². The fourth-order valence-corrected chi connectivity index (χ4v) is 5.43. The topological polar surface area (TPSA) is 82.8 Å². The molecule has 0 aliphatic carbocycles. The van der Waals surface area contributed by atoms with Crippen LogP contribution < -0.4 is 15.1 Å². The largest absolute Gasteiger partial charge is 0.492 e. The Labute approximate surface area is 200 Å². The van der Waals surface area contributed by atoms with Crippen LogP contribution >= 0.6 is 0 Å². The maximum atomic E-state index is 14.4. The first-order valence-electron chi connectivity index (χ1n) is 11.3. The van der Waals surface area contributed by atoms with Crippen molar-refractivity contribution in [2.75, 3.05) is 6.61 Å². The van der Waals surface area contributed by atoms with Crippen LogP contribution in [0.5, 0.6) is 11.5 Å². The number of hydrogen-bond acceptors (Lipinski definition) is 6. The number of ketones is 1. The smallest absolute Gasteiger partial charge is 0.343 e. The van der Waals surface area contributed by atoms with Crippen molar-refractivity contribution < 1.29 is 23.5 Å². The molecule has 6 nitrogen and oxygen atoms in total. The van der Waals surface area contributed by atoms with Crippen molar-refractivity contribution in [1.29, 1.82) is 0 Å². The first-order valence-corrected chi connectivity index (χ1v) is 11.3. The molecule has 6 heteroatoms. The van der Waals surface area contributed by atoms with E-state index in [9.17, 15) is 14.4 Å². The van der Waals surface area contributed by atoms with Gasteiger partial charge in [-0.25, -0.2) is 4.79 Å². The number of para-hydroxylation sites is 2. The van der Waals surface area contributed by atoms with Gasteiger partial charge < -0.3 is 13.9 Å². The number of carbonyl (C=O) groups is 2. The minimum Gasteiger partial charge on any atom is -0.492 e. The number of Topliss-reactive ketones (excluding diaryl/α,β-unsaturated/α-hetero) is 1. The van der Waals surface area contributed by atoms with Crippen LogP contribution in [0.2, 0.25) is 0 Å². The van der Waals surface area contributed by atoms with Crippen LogP contribution in [0, 0.1) is 11.3 Å². The van der Waals surface area contributed by atoms with Crippen molar-refractivity contribution >= 4 is 22.7 Å². The van der Waals surface area contributed by atoms with Crippen LogP contribution in [-0.2, 0) is 4.79 Å². The number of hydrogen-bond donors (Lipinski definition) is 0. The highest BCUT2D eigenvalue weighted by Gasteiger charge is 2.63. The van der Waals surface area contributed by atoms with Crippen molar-refractivity contribution in [2.45, 2.75) is 5.92 Å². The summed E-state index contributed by atoms with van der Waals surface area (Å²) in [4.78, 5) is 41.9. The lowest BCUT2D eigenvalue weighted by Gasteiger charge is -2.42. The summed E-state index contributed by atoms with van der Waals surface area (Å²) < 4.78 is 17.7. The lowest BCUT2D eigenvalue weighted by Crippen LogP contribution is -2.55. The van der Waals surface area contributed by atoms with Gasteiger partial charge >= 0.3 is 11.6 Å². The van der Waals surface area contributed by atoms with E-state index in [2.05, 4.69) is 6.58 Å². The standard InChI is InChI=1S/C29H20O6/c1-2-18-16-33-25-19-12-6-8-14-21(19)34-27(31)23(25)24(17-10-4-3-5-11-17)29(18)26(30)20-13-7-9-15-22(20)35-28(29)32/h2-15,18,24H,1,16H2/t18-,24-,29+/m0/s1. The maximum Gasteiger partial charge on any atom is 0.343 e. The Morgan fingerprint density at radius 3 is 2.40 bits per heavy atom. The molecule has 0 radical (unpaired) electrons. The van der Waals surface area contributed by atoms with E-state index in [1.165, 1.54) is 0 Å². The normalized spacial score (nSPS) is 23.1. The van der Waals surface area contributed by atoms with Gasteiger partial charge in [0.1, 0.15) is 17.1 Å². The molecule has 1 aromatic heterocycles. The van der Waals surface area contributed by atoms with Gasteiger partial charge in [0.05, 0.1) is 23.1 Å². The van der Waals surface area contributed by atoms with Crippen LogP contribution in [0.25, 0.3) is 11.0 Å². The summed E-state index contributed by atoms with van der Waals surface area (Å²) in [5, 5.41) is 0.583. The number of fused-ring (bicyclic) bond motifs is 4. The van der Waals surface area contributed by atoms with E-state index in [0.29, 0.717) is 22.3 Å². The molecule has 3 heterocycles. The Hall–Kier alpha value is -4.45. The second-order valence-corrected chi connectivity index (χ2v) is 8.71. The van der Waals surface area contributed by atoms with Crippen molar-refractivity contribution in [3.05, 3.63) is 119 Å². The lowest BCUT2D eigenvalue weighted by molar-refractivity contribution is -0.147. The number of benzene rings is 3. The molecule has 0 amide bonds. The third kappa shape index (κ3) is 2.86. The molecule has 0 unspecified atom stereocenters. The van der Waals surface area contributed by atoms with Gasteiger partial charge in [-0.1, -0.05) is 60.7 Å². The van der Waals surface area contributed by atoms with E-state index in [-0.39, 0.29) is 23.5 Å². The number of carbonyl (C=O) groups excluding carboxylic acids is 2. The second kappa shape index (κ2) is 7.81. The van der Waals surface area contributed by atoms with Crippen molar-refractivity contribution in [3.8, 4) is 11.5 Å². The molecule has 2 aliphatic rings. The van der Waals surface area contributed by atoms with Gasteiger partial charge in [-0.2, -0.15) is 0 Å². The minimum atomic E-state index is -1.82. The number of esters is 1. The molecule has 0 saturated carbocycles. The van der Waals surface area contributed by atoms with Gasteiger partial charge in [0.15, 0.2) is 11.2 Å². The van der Waals surface area contributed by atoms with Crippen molar-refractivity contribution in [1.82, 2.24) is 0 Å². The zero-order valence-corrected chi connectivity index (χ0v) is 18.6. The van der Waals surface area contributed by atoms with E-state index in [4.69, 9.17) is 13.9 Å². The summed E-state index contributed by atoms with van der Waals surface area (Å²) in [6.45, 7) is 3.89. The Morgan fingerprint density at radius 2 is 1.60 bits per heavy atom. The highest BCUT2D eigenvalue weighted by molar-refractivity contribution is 6.18. The number of ether oxygens (including phenoxy) is 2. The average Bonchev–Trinajstić information content (AvgIpc) is 3.04. The summed E-state index contributed by atoms with van der Waals surface area (Å²) in [6.07, 6.45) is 1.54. The van der Waals surface area contributed by atoms with E-state index in [1.54, 1.807) is 72.8 Å². The Balaban J connectivity index is 1.76. The van der Waals surface area contributed by atoms with Crippen molar-refractivity contribution in [2.24, 2.45) is 11.3 Å². The molecule has 3 atom stereocenters. The average molecular weight is 464 g/mol. The molecule has 0 saturated heterocycles. The molecule has 0 N–H and O–H groups in total. The van der Waals surface area contributed by atoms with Crippen molar-refractivity contribution in [3.63, 3.8) is 0 Å². The molecular weight excluding hydrogens is 444 g/mol. The molecule has 0 fully saturated rings. The summed E-state index contributed by atoms with van der Waals surface area (Å²) in [6, 6.07) is 22.7. The molecular formula is C29H20O6. The van der Waals surface area contributed by atoms with Crippen LogP contribution in [-0.4, -0.2) is 18.4 Å². The fraction of sp³-hybridized carbons (Fsp3) is 0.138. The Morgan fingerprint density at radius 1 is 0.886 bits per heavy atom. The molecule has 172 valence electrons. The van der Waals surface area contributed by atoms with Crippen LogP contribution in [0.4, 0.5) is 0 Å². The van der Waals surface area contributed by atoms with E-state index in [0.717, 1.165) is 0 Å². The van der Waals surface area contributed by atoms with E-state index in [1.807, 2.05) is 12.1 Å². The van der Waals surface area contributed by atoms with Crippen LogP contribution in [0.3, 0.4) is 0 Å². The van der Waals surface area contributed by atoms with Gasteiger partial charge in [-0.3, -0.25) is 9.59 Å². The predicted octanol–water partition coefficient (Wildman–Crippen LogP) is 4.91.